The van der Waals surface area contributed by atoms with Crippen LogP contribution in [0.4, 0.5) is 4.79 Å². The van der Waals surface area contributed by atoms with E-state index in [4.69, 9.17) is 19.9 Å². The number of unbranched alkanes of at least 4 members (excludes halogenated alkanes) is 1. The topological polar surface area (TPSA) is 168 Å². The van der Waals surface area contributed by atoms with E-state index in [9.17, 15) is 28.8 Å². The van der Waals surface area contributed by atoms with E-state index in [0.29, 0.717) is 12.0 Å². The summed E-state index contributed by atoms with van der Waals surface area (Å²) in [6.07, 6.45) is -1.94. The second-order valence-corrected chi connectivity index (χ2v) is 9.91. The molecule has 12 heteroatoms. The number of carbonyl (C=O) groups is 6. The largest absolute Gasteiger partial charge is 0.453 e. The van der Waals surface area contributed by atoms with Crippen LogP contribution < -0.4 is 11.1 Å². The van der Waals surface area contributed by atoms with Crippen molar-refractivity contribution >= 4 is 35.6 Å². The molecule has 3 rings (SSSR count). The molecule has 0 spiro atoms. The van der Waals surface area contributed by atoms with Crippen molar-refractivity contribution in [2.75, 3.05) is 20.3 Å². The molecule has 2 aromatic carbocycles. The minimum absolute atomic E-state index is 0.0898. The Bertz CT molecular complexity index is 1280. The molecule has 0 bridgehead atoms. The number of methoxy groups -OCH3 is 1. The van der Waals surface area contributed by atoms with Crippen molar-refractivity contribution in [1.29, 1.82) is 0 Å². The molecule has 4 amide bonds. The summed E-state index contributed by atoms with van der Waals surface area (Å²) in [5.74, 6) is -4.29. The summed E-state index contributed by atoms with van der Waals surface area (Å²) in [5, 5.41) is 2.60. The van der Waals surface area contributed by atoms with E-state index in [0.717, 1.165) is 5.56 Å². The first-order valence-electron chi connectivity index (χ1n) is 13.6. The van der Waals surface area contributed by atoms with Crippen LogP contribution in [-0.2, 0) is 40.0 Å². The van der Waals surface area contributed by atoms with Crippen molar-refractivity contribution in [2.45, 2.75) is 57.4 Å². The van der Waals surface area contributed by atoms with Crippen molar-refractivity contribution in [1.82, 2.24) is 5.32 Å². The summed E-state index contributed by atoms with van der Waals surface area (Å²) in [7, 11) is 1.22. The Morgan fingerprint density at radius 2 is 1.62 bits per heavy atom. The maximum atomic E-state index is 13.5. The van der Waals surface area contributed by atoms with E-state index in [-0.39, 0.29) is 26.0 Å². The van der Waals surface area contributed by atoms with Gasteiger partial charge in [-0.25, -0.2) is 24.0 Å². The highest BCUT2D eigenvalue weighted by molar-refractivity contribution is 6.08. The normalized spacial score (nSPS) is 19.5. The van der Waals surface area contributed by atoms with E-state index in [1.54, 1.807) is 30.3 Å². The zero-order valence-corrected chi connectivity index (χ0v) is 23.7. The number of hydrogen-bond donors (Lipinski definition) is 2. The number of ether oxygens (including phenoxy) is 3. The van der Waals surface area contributed by atoms with Crippen LogP contribution in [-0.4, -0.2) is 78.5 Å². The Kier molecular flexibility index (Phi) is 11.6. The SMILES string of the molecule is COC1CC(=O)[N+](C(=O)[C@H](C)N)([C@@H](CCCCNC(=O)OCc2ccccc2)C(=O)OCC(=O)c2ccccc2)C1=O. The first-order valence-corrected chi connectivity index (χ1v) is 13.6. The third-order valence-corrected chi connectivity index (χ3v) is 6.97. The molecule has 12 nitrogen and oxygen atoms in total. The number of likely N-dealkylation sites (tertiary alicyclic amines) is 1. The number of Topliss-reactive ketones (excluding diaryl/α,β-unsaturated/α-hetero) is 1. The number of benzene rings is 2. The molecule has 1 aliphatic heterocycles. The lowest BCUT2D eigenvalue weighted by Crippen LogP contribution is -2.69. The van der Waals surface area contributed by atoms with Gasteiger partial charge in [0.25, 0.3) is 0 Å². The van der Waals surface area contributed by atoms with Crippen LogP contribution in [0.15, 0.2) is 60.7 Å². The minimum Gasteiger partial charge on any atom is -0.453 e. The van der Waals surface area contributed by atoms with Crippen LogP contribution in [0.25, 0.3) is 0 Å². The predicted octanol–water partition coefficient (Wildman–Crippen LogP) is 2.04. The van der Waals surface area contributed by atoms with Crippen LogP contribution in [0.2, 0.25) is 0 Å². The van der Waals surface area contributed by atoms with Gasteiger partial charge in [-0.2, -0.15) is 0 Å². The Hall–Kier alpha value is -4.26. The van der Waals surface area contributed by atoms with Gasteiger partial charge < -0.3 is 25.3 Å². The standard InChI is InChI=1S/C30H35N3O9/c1-20(31)27(36)33(26(35)17-25(40-2)28(33)37)23(29(38)41-19-24(34)22-13-7-4-8-14-22)15-9-10-16-32-30(39)42-18-21-11-5-3-6-12-21/h3-8,11-14,20,23,25H,9-10,15-19,31H2,1-2H3/p+1/t20-,23-,25?,33?/m0/s1. The van der Waals surface area contributed by atoms with Gasteiger partial charge in [0.05, 0.1) is 0 Å². The zero-order chi connectivity index (χ0) is 30.7. The first-order chi connectivity index (χ1) is 20.1. The van der Waals surface area contributed by atoms with Gasteiger partial charge in [-0.1, -0.05) is 60.7 Å². The minimum atomic E-state index is -1.60. The van der Waals surface area contributed by atoms with Crippen LogP contribution in [0.1, 0.15) is 48.5 Å². The number of nitrogens with one attached hydrogen (secondary N) is 1. The van der Waals surface area contributed by atoms with Gasteiger partial charge in [0.1, 0.15) is 19.1 Å². The summed E-state index contributed by atoms with van der Waals surface area (Å²) in [4.78, 5) is 78.3. The fourth-order valence-corrected chi connectivity index (χ4v) is 4.79. The summed E-state index contributed by atoms with van der Waals surface area (Å²) in [6, 6.07) is 14.4. The smallest absolute Gasteiger partial charge is 0.407 e. The second kappa shape index (κ2) is 15.1. The average Bonchev–Trinajstić information content (AvgIpc) is 3.26. The molecule has 0 aliphatic carbocycles. The highest BCUT2D eigenvalue weighted by atomic mass is 16.5. The van der Waals surface area contributed by atoms with Crippen LogP contribution >= 0.6 is 0 Å². The Labute approximate surface area is 243 Å². The third kappa shape index (κ3) is 7.52. The van der Waals surface area contributed by atoms with E-state index in [1.807, 2.05) is 30.3 Å². The Balaban J connectivity index is 1.72. The van der Waals surface area contributed by atoms with Crippen LogP contribution in [0, 0.1) is 0 Å². The number of ketones is 1. The van der Waals surface area contributed by atoms with Gasteiger partial charge in [0, 0.05) is 25.6 Å². The Morgan fingerprint density at radius 3 is 2.21 bits per heavy atom. The molecule has 224 valence electrons. The second-order valence-electron chi connectivity index (χ2n) is 9.91. The third-order valence-electron chi connectivity index (χ3n) is 6.97. The van der Waals surface area contributed by atoms with Gasteiger partial charge in [0.2, 0.25) is 6.04 Å². The Morgan fingerprint density at radius 1 is 0.976 bits per heavy atom. The number of nitrogens with zero attached hydrogens (tertiary/aromatic N) is 1. The summed E-state index contributed by atoms with van der Waals surface area (Å²) in [5.41, 5.74) is 6.97. The van der Waals surface area contributed by atoms with Crippen molar-refractivity contribution in [2.24, 2.45) is 5.73 Å². The molecular weight excluding hydrogens is 546 g/mol. The number of hydrogen-bond acceptors (Lipinski definition) is 10. The maximum absolute atomic E-state index is 13.5. The van der Waals surface area contributed by atoms with Crippen molar-refractivity contribution < 1.29 is 47.5 Å². The van der Waals surface area contributed by atoms with E-state index in [1.165, 1.54) is 14.0 Å². The van der Waals surface area contributed by atoms with Gasteiger partial charge in [0.15, 0.2) is 18.5 Å². The average molecular weight is 583 g/mol. The van der Waals surface area contributed by atoms with E-state index >= 15 is 0 Å². The molecular formula is C30H36N3O9+. The molecule has 2 aromatic rings. The molecule has 0 radical (unpaired) electrons. The molecule has 3 N–H and O–H groups in total. The van der Waals surface area contributed by atoms with Crippen LogP contribution in [0.5, 0.6) is 0 Å². The number of imide groups is 3. The molecule has 2 unspecified atom stereocenters. The molecule has 0 aromatic heterocycles. The number of amides is 4. The van der Waals surface area contributed by atoms with Crippen LogP contribution in [0.3, 0.4) is 0 Å². The first kappa shape index (κ1) is 32.3. The van der Waals surface area contributed by atoms with Crippen molar-refractivity contribution in [3.63, 3.8) is 0 Å². The summed E-state index contributed by atoms with van der Waals surface area (Å²) < 4.78 is 14.1. The highest BCUT2D eigenvalue weighted by Gasteiger charge is 2.67. The maximum Gasteiger partial charge on any atom is 0.407 e. The fraction of sp³-hybridized carbons (Fsp3) is 0.400. The molecule has 1 heterocycles. The lowest BCUT2D eigenvalue weighted by Gasteiger charge is -2.34. The highest BCUT2D eigenvalue weighted by Crippen LogP contribution is 2.33. The molecule has 1 aliphatic rings. The number of nitrogens with two attached hydrogens (primary N) is 1. The summed E-state index contributed by atoms with van der Waals surface area (Å²) >= 11 is 0. The molecule has 42 heavy (non-hydrogen) atoms. The number of alkyl carbamates (subject to hydrolysis) is 1. The van der Waals surface area contributed by atoms with Gasteiger partial charge in [-0.3, -0.25) is 4.79 Å². The quantitative estimate of drug-likeness (QED) is 0.111. The van der Waals surface area contributed by atoms with Gasteiger partial charge in [-0.05, 0) is 25.3 Å². The molecule has 1 saturated heterocycles. The molecule has 0 saturated carbocycles. The predicted molar refractivity (Wildman–Crippen MR) is 148 cm³/mol. The van der Waals surface area contributed by atoms with Gasteiger partial charge in [-0.15, -0.1) is 4.48 Å². The summed E-state index contributed by atoms with van der Waals surface area (Å²) in [6.45, 7) is 0.907. The number of esters is 1. The zero-order valence-electron chi connectivity index (χ0n) is 23.7. The van der Waals surface area contributed by atoms with Gasteiger partial charge >= 0.3 is 29.8 Å². The van der Waals surface area contributed by atoms with Crippen molar-refractivity contribution in [3.8, 4) is 0 Å². The fourth-order valence-electron chi connectivity index (χ4n) is 4.79. The molecule has 1 fully saturated rings. The number of carbonyl (C=O) groups excluding carboxylic acids is 6. The number of quaternary nitrogens is 1. The van der Waals surface area contributed by atoms with E-state index in [2.05, 4.69) is 5.32 Å². The van der Waals surface area contributed by atoms with E-state index < -0.39 is 71.3 Å². The monoisotopic (exact) mass is 582 g/mol. The van der Waals surface area contributed by atoms with Crippen molar-refractivity contribution in [3.05, 3.63) is 71.8 Å². The molecule has 4 atom stereocenters. The lowest BCUT2D eigenvalue weighted by atomic mass is 10.0. The lowest BCUT2D eigenvalue weighted by molar-refractivity contribution is -0.719. The number of rotatable bonds is 14.